The second-order valence-corrected chi connectivity index (χ2v) is 12.3. The van der Waals surface area contributed by atoms with E-state index in [9.17, 15) is 10.5 Å². The molecule has 50 heavy (non-hydrogen) atoms. The van der Waals surface area contributed by atoms with Gasteiger partial charge in [-0.05, 0) is 77.4 Å². The van der Waals surface area contributed by atoms with Crippen molar-refractivity contribution in [2.45, 2.75) is 0 Å². The van der Waals surface area contributed by atoms with E-state index in [1.165, 1.54) is 0 Å². The summed E-state index contributed by atoms with van der Waals surface area (Å²) >= 11 is 0. The topological polar surface area (TPSA) is 61.8 Å². The van der Waals surface area contributed by atoms with Crippen LogP contribution in [0.15, 0.2) is 152 Å². The summed E-state index contributed by atoms with van der Waals surface area (Å²) in [5.41, 5.74) is 11.7. The maximum Gasteiger partial charge on any atom is 0.189 e. The Morgan fingerprint density at radius 2 is 1.14 bits per heavy atom. The van der Waals surface area contributed by atoms with Crippen molar-refractivity contribution in [1.82, 2.24) is 9.13 Å². The summed E-state index contributed by atoms with van der Waals surface area (Å²) in [4.78, 5) is 3.71. The molecule has 0 aliphatic heterocycles. The van der Waals surface area contributed by atoms with Gasteiger partial charge in [0.15, 0.2) is 5.69 Å². The molecule has 0 spiro atoms. The highest BCUT2D eigenvalue weighted by Crippen LogP contribution is 2.39. The normalized spacial score (nSPS) is 11.1. The van der Waals surface area contributed by atoms with Gasteiger partial charge >= 0.3 is 0 Å². The van der Waals surface area contributed by atoms with Crippen LogP contribution in [0.2, 0.25) is 0 Å². The summed E-state index contributed by atoms with van der Waals surface area (Å²) in [7, 11) is 0. The fourth-order valence-corrected chi connectivity index (χ4v) is 7.37. The van der Waals surface area contributed by atoms with E-state index in [-0.39, 0.29) is 0 Å². The number of benzene rings is 7. The molecule has 0 amide bonds. The third-order valence-corrected chi connectivity index (χ3v) is 9.62. The molecule has 230 valence electrons. The zero-order chi connectivity index (χ0) is 33.8. The fraction of sp³-hybridized carbons (Fsp3) is 0. The van der Waals surface area contributed by atoms with Gasteiger partial charge in [-0.15, -0.1) is 0 Å². The zero-order valence-corrected chi connectivity index (χ0v) is 26.7. The molecule has 2 heterocycles. The number of nitriles is 2. The molecule has 7 aromatic carbocycles. The summed E-state index contributed by atoms with van der Waals surface area (Å²) in [6.45, 7) is 7.64. The Hall–Kier alpha value is -7.39. The third kappa shape index (κ3) is 4.38. The summed E-state index contributed by atoms with van der Waals surface area (Å²) < 4.78 is 4.44. The first-order valence-electron chi connectivity index (χ1n) is 16.3. The molecule has 2 aromatic heterocycles. The minimum Gasteiger partial charge on any atom is -0.310 e. The largest absolute Gasteiger partial charge is 0.310 e. The summed E-state index contributed by atoms with van der Waals surface area (Å²) in [5, 5.41) is 24.3. The van der Waals surface area contributed by atoms with Gasteiger partial charge < -0.3 is 9.13 Å². The Labute approximate surface area is 288 Å². The molecule has 0 fully saturated rings. The number of fused-ring (bicyclic) bond motifs is 6. The molecule has 0 bridgehead atoms. The second kappa shape index (κ2) is 11.4. The van der Waals surface area contributed by atoms with Gasteiger partial charge in [-0.25, -0.2) is 4.85 Å². The Kier molecular flexibility index (Phi) is 6.56. The van der Waals surface area contributed by atoms with E-state index in [1.54, 1.807) is 0 Å². The zero-order valence-electron chi connectivity index (χ0n) is 26.7. The smallest absolute Gasteiger partial charge is 0.189 e. The monoisotopic (exact) mass is 635 g/mol. The van der Waals surface area contributed by atoms with E-state index >= 15 is 0 Å². The van der Waals surface area contributed by atoms with Crippen LogP contribution < -0.4 is 0 Å². The van der Waals surface area contributed by atoms with Gasteiger partial charge in [-0.1, -0.05) is 91.0 Å². The molecule has 5 nitrogen and oxygen atoms in total. The van der Waals surface area contributed by atoms with Crippen molar-refractivity contribution in [2.75, 3.05) is 0 Å². The molecular weight excluding hydrogens is 611 g/mol. The van der Waals surface area contributed by atoms with Crippen LogP contribution in [-0.4, -0.2) is 9.13 Å². The van der Waals surface area contributed by atoms with Crippen LogP contribution in [0.25, 0.3) is 82.1 Å². The lowest BCUT2D eigenvalue weighted by molar-refractivity contribution is 1.18. The minimum atomic E-state index is 0.587. The molecule has 5 heteroatoms. The quantitative estimate of drug-likeness (QED) is 0.181. The van der Waals surface area contributed by atoms with Gasteiger partial charge in [-0.2, -0.15) is 10.5 Å². The lowest BCUT2D eigenvalue weighted by Gasteiger charge is -2.15. The Balaban J connectivity index is 1.14. The predicted molar refractivity (Wildman–Crippen MR) is 202 cm³/mol. The summed E-state index contributed by atoms with van der Waals surface area (Å²) in [6.07, 6.45) is 0. The van der Waals surface area contributed by atoms with Crippen molar-refractivity contribution in [3.8, 4) is 45.8 Å². The van der Waals surface area contributed by atoms with E-state index in [4.69, 9.17) is 6.57 Å². The van der Waals surface area contributed by atoms with Gasteiger partial charge in [0.25, 0.3) is 0 Å². The molecule has 0 aliphatic carbocycles. The molecule has 0 aliphatic rings. The standard InChI is InChI=1S/C45H25N5/c1-48-33-18-22-39-37-9-3-7-13-43(37)50(45(39)26-33)41-11-5-2-8-36(41)31-17-21-35(32(25-31)28-47)30-15-19-34(20-16-30)49-42-12-6-4-10-38(42)40-24-29(27-46)14-23-44(40)49/h2-26H. The second-order valence-electron chi connectivity index (χ2n) is 12.3. The molecule has 9 rings (SSSR count). The van der Waals surface area contributed by atoms with Crippen molar-refractivity contribution < 1.29 is 0 Å². The van der Waals surface area contributed by atoms with Gasteiger partial charge in [0, 0.05) is 38.3 Å². The van der Waals surface area contributed by atoms with E-state index in [1.807, 2.05) is 84.9 Å². The van der Waals surface area contributed by atoms with Gasteiger partial charge in [-0.3, -0.25) is 0 Å². The molecule has 9 aromatic rings. The Bertz CT molecular complexity index is 2960. The molecule has 0 saturated heterocycles. The third-order valence-electron chi connectivity index (χ3n) is 9.62. The molecule has 0 N–H and O–H groups in total. The van der Waals surface area contributed by atoms with Crippen LogP contribution >= 0.6 is 0 Å². The van der Waals surface area contributed by atoms with Crippen molar-refractivity contribution >= 4 is 49.3 Å². The number of hydrogen-bond acceptors (Lipinski definition) is 2. The maximum absolute atomic E-state index is 10.4. The van der Waals surface area contributed by atoms with Crippen LogP contribution in [-0.2, 0) is 0 Å². The first kappa shape index (κ1) is 28.8. The Morgan fingerprint density at radius 3 is 1.90 bits per heavy atom. The Morgan fingerprint density at radius 1 is 0.480 bits per heavy atom. The first-order chi connectivity index (χ1) is 24.7. The highest BCUT2D eigenvalue weighted by Gasteiger charge is 2.18. The number of rotatable bonds is 4. The van der Waals surface area contributed by atoms with Crippen LogP contribution in [0.3, 0.4) is 0 Å². The number of nitrogens with zero attached hydrogens (tertiary/aromatic N) is 5. The average molecular weight is 636 g/mol. The molecule has 0 atom stereocenters. The van der Waals surface area contributed by atoms with Crippen molar-refractivity contribution in [1.29, 1.82) is 10.5 Å². The maximum atomic E-state index is 10.4. The van der Waals surface area contributed by atoms with Crippen LogP contribution in [0.1, 0.15) is 11.1 Å². The fourth-order valence-electron chi connectivity index (χ4n) is 7.37. The lowest BCUT2D eigenvalue weighted by atomic mass is 9.94. The van der Waals surface area contributed by atoms with E-state index < -0.39 is 0 Å². The van der Waals surface area contributed by atoms with Crippen molar-refractivity contribution in [3.05, 3.63) is 174 Å². The molecule has 0 radical (unpaired) electrons. The average Bonchev–Trinajstić information content (AvgIpc) is 3.69. The highest BCUT2D eigenvalue weighted by atomic mass is 15.0. The van der Waals surface area contributed by atoms with Gasteiger partial charge in [0.1, 0.15) is 0 Å². The van der Waals surface area contributed by atoms with Gasteiger partial charge in [0.05, 0.1) is 52.1 Å². The highest BCUT2D eigenvalue weighted by molar-refractivity contribution is 6.11. The van der Waals surface area contributed by atoms with Crippen molar-refractivity contribution in [3.63, 3.8) is 0 Å². The first-order valence-corrected chi connectivity index (χ1v) is 16.3. The number of aromatic nitrogens is 2. The van der Waals surface area contributed by atoms with Crippen LogP contribution in [0.5, 0.6) is 0 Å². The van der Waals surface area contributed by atoms with E-state index in [0.29, 0.717) is 16.8 Å². The number of hydrogen-bond donors (Lipinski definition) is 0. The molecular formula is C45H25N5. The van der Waals surface area contributed by atoms with Crippen molar-refractivity contribution in [2.24, 2.45) is 0 Å². The lowest BCUT2D eigenvalue weighted by Crippen LogP contribution is -1.97. The summed E-state index contributed by atoms with van der Waals surface area (Å²) in [5.74, 6) is 0. The van der Waals surface area contributed by atoms with E-state index in [2.05, 4.69) is 92.8 Å². The SMILES string of the molecule is [C-]#[N+]c1ccc2c3ccccc3n(-c3ccccc3-c3ccc(-c4ccc(-n5c6ccccc6c6cc(C#N)ccc65)cc4)c(C#N)c3)c2c1. The number of para-hydroxylation sites is 3. The van der Waals surface area contributed by atoms with Gasteiger partial charge in [0.2, 0.25) is 0 Å². The summed E-state index contributed by atoms with van der Waals surface area (Å²) in [6, 6.07) is 55.6. The van der Waals surface area contributed by atoms with E-state index in [0.717, 1.165) is 77.2 Å². The van der Waals surface area contributed by atoms with Crippen LogP contribution in [0, 0.1) is 29.2 Å². The molecule has 0 saturated carbocycles. The van der Waals surface area contributed by atoms with Crippen LogP contribution in [0.4, 0.5) is 5.69 Å². The minimum absolute atomic E-state index is 0.587. The predicted octanol–water partition coefficient (Wildman–Crippen LogP) is 11.5. The molecule has 0 unspecified atom stereocenters.